The van der Waals surface area contributed by atoms with Gasteiger partial charge in [-0.3, -0.25) is 14.3 Å². The van der Waals surface area contributed by atoms with Crippen LogP contribution in [-0.4, -0.2) is 56.2 Å². The number of nitrogens with one attached hydrogen (secondary N) is 1. The summed E-state index contributed by atoms with van der Waals surface area (Å²) in [5.41, 5.74) is 0.250. The van der Waals surface area contributed by atoms with E-state index < -0.39 is 10.0 Å². The molecular weight excluding hydrogens is 549 g/mol. The Morgan fingerprint density at radius 3 is 2.29 bits per heavy atom. The normalized spacial score (nSPS) is 14.2. The summed E-state index contributed by atoms with van der Waals surface area (Å²) in [4.78, 5) is 28.4. The Hall–Kier alpha value is -3.27. The Balaban J connectivity index is 1.51. The number of sulfonamides is 1. The molecule has 0 saturated carbocycles. The van der Waals surface area contributed by atoms with Crippen LogP contribution in [0.25, 0.3) is 0 Å². The molecule has 1 heterocycles. The van der Waals surface area contributed by atoms with Gasteiger partial charge >= 0.3 is 0 Å². The van der Waals surface area contributed by atoms with E-state index >= 15 is 0 Å². The summed E-state index contributed by atoms with van der Waals surface area (Å²) < 4.78 is 34.6. The van der Waals surface area contributed by atoms with E-state index in [4.69, 9.17) is 27.9 Å². The van der Waals surface area contributed by atoms with Crippen LogP contribution < -0.4 is 9.46 Å². The Kier molecular flexibility index (Phi) is 8.50. The highest BCUT2D eigenvalue weighted by atomic mass is 35.5. The summed E-state index contributed by atoms with van der Waals surface area (Å²) in [6.45, 7) is 2.64. The van der Waals surface area contributed by atoms with Crippen LogP contribution in [-0.2, 0) is 14.8 Å². The van der Waals surface area contributed by atoms with Crippen LogP contribution in [0.3, 0.4) is 0 Å². The number of carbonyl (C=O) groups excluding carboxylic acids is 2. The third-order valence-corrected chi connectivity index (χ3v) is 8.36. The van der Waals surface area contributed by atoms with Crippen molar-refractivity contribution < 1.29 is 22.7 Å². The quantitative estimate of drug-likeness (QED) is 0.391. The second kappa shape index (κ2) is 11.6. The van der Waals surface area contributed by atoms with Crippen molar-refractivity contribution in [1.29, 1.82) is 0 Å². The Bertz CT molecular complexity index is 1440. The average molecular weight is 577 g/mol. The lowest BCUT2D eigenvalue weighted by molar-refractivity contribution is -0.130. The number of benzene rings is 3. The highest BCUT2D eigenvalue weighted by Crippen LogP contribution is 2.30. The number of para-hydroxylation sites is 1. The van der Waals surface area contributed by atoms with Gasteiger partial charge < -0.3 is 14.5 Å². The van der Waals surface area contributed by atoms with E-state index in [0.29, 0.717) is 47.5 Å². The number of hydrogen-bond donors (Lipinski definition) is 1. The number of anilines is 1. The molecular formula is C27H27Cl2N3O5S. The zero-order valence-electron chi connectivity index (χ0n) is 20.9. The van der Waals surface area contributed by atoms with Crippen LogP contribution in [0.5, 0.6) is 11.5 Å². The van der Waals surface area contributed by atoms with Gasteiger partial charge in [-0.2, -0.15) is 0 Å². The van der Waals surface area contributed by atoms with E-state index in [1.165, 1.54) is 49.4 Å². The van der Waals surface area contributed by atoms with Crippen LogP contribution in [0.4, 0.5) is 5.69 Å². The smallest absolute Gasteiger partial charge is 0.261 e. The highest BCUT2D eigenvalue weighted by molar-refractivity contribution is 7.92. The zero-order valence-corrected chi connectivity index (χ0v) is 23.2. The van der Waals surface area contributed by atoms with Gasteiger partial charge in [-0.1, -0.05) is 35.3 Å². The number of halogens is 2. The molecule has 38 heavy (non-hydrogen) atoms. The first kappa shape index (κ1) is 27.8. The molecule has 1 saturated heterocycles. The van der Waals surface area contributed by atoms with Gasteiger partial charge in [0.05, 0.1) is 21.2 Å². The second-order valence-electron chi connectivity index (χ2n) is 8.95. The van der Waals surface area contributed by atoms with Gasteiger partial charge in [-0.15, -0.1) is 0 Å². The molecule has 11 heteroatoms. The average Bonchev–Trinajstić information content (AvgIpc) is 2.90. The van der Waals surface area contributed by atoms with Crippen molar-refractivity contribution in [3.8, 4) is 11.5 Å². The summed E-state index contributed by atoms with van der Waals surface area (Å²) in [5.74, 6) is 0.502. The van der Waals surface area contributed by atoms with E-state index in [9.17, 15) is 18.0 Å². The minimum absolute atomic E-state index is 0.00687. The van der Waals surface area contributed by atoms with Gasteiger partial charge in [0.15, 0.2) is 0 Å². The molecule has 0 unspecified atom stereocenters. The summed E-state index contributed by atoms with van der Waals surface area (Å²) in [7, 11) is -2.36. The molecule has 0 spiro atoms. The molecule has 1 aliphatic rings. The fraction of sp³-hybridized carbons (Fsp3) is 0.259. The molecule has 8 nitrogen and oxygen atoms in total. The van der Waals surface area contributed by atoms with Crippen molar-refractivity contribution in [3.05, 3.63) is 82.3 Å². The van der Waals surface area contributed by atoms with Crippen molar-refractivity contribution in [3.63, 3.8) is 0 Å². The molecule has 3 aromatic rings. The molecule has 1 aliphatic heterocycles. The van der Waals surface area contributed by atoms with Crippen LogP contribution >= 0.6 is 23.2 Å². The summed E-state index contributed by atoms with van der Waals surface area (Å²) >= 11 is 12.3. The molecule has 2 amide bonds. The minimum atomic E-state index is -4.04. The fourth-order valence-electron chi connectivity index (χ4n) is 4.25. The Labute approximate surface area is 232 Å². The van der Waals surface area contributed by atoms with E-state index in [0.717, 1.165) is 0 Å². The highest BCUT2D eigenvalue weighted by Gasteiger charge is 2.29. The van der Waals surface area contributed by atoms with Crippen LogP contribution in [0.2, 0.25) is 10.0 Å². The van der Waals surface area contributed by atoms with Gasteiger partial charge in [0.1, 0.15) is 11.5 Å². The van der Waals surface area contributed by atoms with Crippen molar-refractivity contribution >= 4 is 50.7 Å². The van der Waals surface area contributed by atoms with Gasteiger partial charge in [0.25, 0.3) is 15.9 Å². The van der Waals surface area contributed by atoms with E-state index in [1.807, 2.05) is 0 Å². The maximum Gasteiger partial charge on any atom is 0.261 e. The minimum Gasteiger partial charge on any atom is -0.456 e. The summed E-state index contributed by atoms with van der Waals surface area (Å²) in [5, 5.41) is 0.734. The molecule has 200 valence electrons. The van der Waals surface area contributed by atoms with Gasteiger partial charge in [-0.25, -0.2) is 8.42 Å². The standard InChI is InChI=1S/C27H27Cl2N3O5S/c1-18(33)32-15-13-20(14-16-32)31(2)27(34)23-17-19(28)7-12-25(23)30-38(35,36)22-10-8-21(9-11-22)37-26-6-4-3-5-24(26)29/h3-12,17,20,30H,13-16H2,1-2H3. The number of amides is 2. The number of carbonyl (C=O) groups is 2. The predicted octanol–water partition coefficient (Wildman–Crippen LogP) is 5.67. The number of nitrogens with zero attached hydrogens (tertiary/aromatic N) is 2. The van der Waals surface area contributed by atoms with Crippen LogP contribution in [0, 0.1) is 0 Å². The topological polar surface area (TPSA) is 96.0 Å². The summed E-state index contributed by atoms with van der Waals surface area (Å²) in [6, 6.07) is 17.1. The van der Waals surface area contributed by atoms with E-state index in [1.54, 1.807) is 41.1 Å². The molecule has 0 atom stereocenters. The largest absolute Gasteiger partial charge is 0.456 e. The fourth-order valence-corrected chi connectivity index (χ4v) is 5.68. The van der Waals surface area contributed by atoms with Gasteiger partial charge in [0, 0.05) is 38.1 Å². The Morgan fingerprint density at radius 1 is 1.00 bits per heavy atom. The number of rotatable bonds is 7. The number of piperidine rings is 1. The molecule has 0 bridgehead atoms. The summed E-state index contributed by atoms with van der Waals surface area (Å²) in [6.07, 6.45) is 1.26. The number of likely N-dealkylation sites (tertiary alicyclic amines) is 1. The lowest BCUT2D eigenvalue weighted by Gasteiger charge is -2.36. The first-order valence-corrected chi connectivity index (χ1v) is 14.2. The number of ether oxygens (including phenoxy) is 1. The molecule has 1 fully saturated rings. The third kappa shape index (κ3) is 6.40. The van der Waals surface area contributed by atoms with E-state index in [-0.39, 0.29) is 34.0 Å². The molecule has 3 aromatic carbocycles. The predicted molar refractivity (Wildman–Crippen MR) is 148 cm³/mol. The zero-order chi connectivity index (χ0) is 27.4. The molecule has 0 aliphatic carbocycles. The van der Waals surface area contributed by atoms with Crippen molar-refractivity contribution in [2.45, 2.75) is 30.7 Å². The van der Waals surface area contributed by atoms with Gasteiger partial charge in [0.2, 0.25) is 5.91 Å². The first-order valence-electron chi connectivity index (χ1n) is 11.9. The Morgan fingerprint density at radius 2 is 1.66 bits per heavy atom. The molecule has 4 rings (SSSR count). The third-order valence-electron chi connectivity index (χ3n) is 6.43. The molecule has 0 radical (unpaired) electrons. The van der Waals surface area contributed by atoms with Crippen LogP contribution in [0.15, 0.2) is 71.6 Å². The van der Waals surface area contributed by atoms with Crippen LogP contribution in [0.1, 0.15) is 30.1 Å². The lowest BCUT2D eigenvalue weighted by atomic mass is 10.0. The monoisotopic (exact) mass is 575 g/mol. The maximum absolute atomic E-state index is 13.4. The van der Waals surface area contributed by atoms with Crippen molar-refractivity contribution in [1.82, 2.24) is 9.80 Å². The number of hydrogen-bond acceptors (Lipinski definition) is 5. The van der Waals surface area contributed by atoms with E-state index in [2.05, 4.69) is 4.72 Å². The van der Waals surface area contributed by atoms with Crippen molar-refractivity contribution in [2.75, 3.05) is 24.9 Å². The SMILES string of the molecule is CC(=O)N1CCC(N(C)C(=O)c2cc(Cl)ccc2NS(=O)(=O)c2ccc(Oc3ccccc3Cl)cc2)CC1. The van der Waals surface area contributed by atoms with Gasteiger partial charge in [-0.05, 0) is 67.4 Å². The molecule has 1 N–H and O–H groups in total. The first-order chi connectivity index (χ1) is 18.0. The van der Waals surface area contributed by atoms with Crippen molar-refractivity contribution in [2.24, 2.45) is 0 Å². The second-order valence-corrected chi connectivity index (χ2v) is 11.5. The molecule has 0 aromatic heterocycles. The maximum atomic E-state index is 13.4. The lowest BCUT2D eigenvalue weighted by Crippen LogP contribution is -2.46.